The monoisotopic (exact) mass is 280 g/mol. The number of nitrogens with zero attached hydrogens (tertiary/aromatic N) is 1. The van der Waals surface area contributed by atoms with Crippen molar-refractivity contribution in [2.75, 3.05) is 14.1 Å². The van der Waals surface area contributed by atoms with E-state index in [4.69, 9.17) is 0 Å². The molecule has 104 valence electrons. The van der Waals surface area contributed by atoms with E-state index in [1.807, 2.05) is 18.2 Å². The molecule has 0 spiro atoms. The molecular formula is C15H21ClN2O. The number of carbonyl (C=O) groups excluding carboxylic acids is 1. The minimum absolute atomic E-state index is 0. The van der Waals surface area contributed by atoms with Crippen LogP contribution < -0.4 is 17.7 Å². The molecule has 0 aliphatic heterocycles. The Kier molecular flexibility index (Phi) is 7.12. The summed E-state index contributed by atoms with van der Waals surface area (Å²) >= 11 is 0. The number of quaternary nitrogens is 1. The highest BCUT2D eigenvalue weighted by atomic mass is 35.5. The lowest BCUT2D eigenvalue weighted by molar-refractivity contribution is -0.923. The first-order valence-electron chi connectivity index (χ1n) is 5.91. The first kappa shape index (κ1) is 17.4. The summed E-state index contributed by atoms with van der Waals surface area (Å²) in [5.41, 5.74) is 1.22. The summed E-state index contributed by atoms with van der Waals surface area (Å²) in [5, 5.41) is 2.87. The smallest absolute Gasteiger partial charge is 0.248 e. The van der Waals surface area contributed by atoms with Crippen LogP contribution in [0.15, 0.2) is 55.6 Å². The summed E-state index contributed by atoms with van der Waals surface area (Å²) in [4.78, 5) is 11.4. The second-order valence-electron chi connectivity index (χ2n) is 4.82. The molecule has 0 saturated carbocycles. The van der Waals surface area contributed by atoms with Crippen molar-refractivity contribution >= 4 is 5.91 Å². The predicted molar refractivity (Wildman–Crippen MR) is 74.6 cm³/mol. The highest BCUT2D eigenvalue weighted by molar-refractivity contribution is 5.87. The fourth-order valence-corrected chi connectivity index (χ4v) is 1.88. The summed E-state index contributed by atoms with van der Waals surface area (Å²) in [6.45, 7) is 8.07. The number of hydrogen-bond donors (Lipinski definition) is 1. The van der Waals surface area contributed by atoms with Crippen LogP contribution >= 0.6 is 0 Å². The summed E-state index contributed by atoms with van der Waals surface area (Å²) in [6.07, 6.45) is 2.89. The Labute approximate surface area is 121 Å². The van der Waals surface area contributed by atoms with Crippen molar-refractivity contribution < 1.29 is 21.7 Å². The van der Waals surface area contributed by atoms with E-state index in [1.165, 1.54) is 11.6 Å². The Morgan fingerprint density at radius 3 is 2.37 bits per heavy atom. The van der Waals surface area contributed by atoms with E-state index in [9.17, 15) is 4.79 Å². The molecule has 0 fully saturated rings. The van der Waals surface area contributed by atoms with Crippen molar-refractivity contribution in [1.29, 1.82) is 0 Å². The number of benzene rings is 1. The first-order valence-corrected chi connectivity index (χ1v) is 5.91. The van der Waals surface area contributed by atoms with Crippen molar-refractivity contribution in [1.82, 2.24) is 5.32 Å². The predicted octanol–water partition coefficient (Wildman–Crippen LogP) is -0.919. The Bertz CT molecular complexity index is 429. The number of amides is 1. The van der Waals surface area contributed by atoms with Crippen LogP contribution in [0.2, 0.25) is 0 Å². The molecule has 1 aromatic carbocycles. The quantitative estimate of drug-likeness (QED) is 0.311. The molecule has 0 bridgehead atoms. The third-order valence-corrected chi connectivity index (χ3v) is 2.88. The number of hydrogen-bond acceptors (Lipinski definition) is 1. The van der Waals surface area contributed by atoms with Gasteiger partial charge in [-0.15, -0.1) is 0 Å². The Morgan fingerprint density at radius 1 is 1.32 bits per heavy atom. The van der Waals surface area contributed by atoms with E-state index in [2.05, 4.69) is 44.7 Å². The average Bonchev–Trinajstić information content (AvgIpc) is 2.36. The van der Waals surface area contributed by atoms with E-state index >= 15 is 0 Å². The number of nitrogens with one attached hydrogen (secondary N) is 1. The van der Waals surface area contributed by atoms with Crippen molar-refractivity contribution in [2.45, 2.75) is 12.7 Å². The lowest BCUT2D eigenvalue weighted by atomic mass is 10.2. The molecule has 1 N–H and O–H groups in total. The minimum atomic E-state index is -0.181. The third-order valence-electron chi connectivity index (χ3n) is 2.88. The van der Waals surface area contributed by atoms with E-state index in [-0.39, 0.29) is 24.5 Å². The average molecular weight is 281 g/mol. The standard InChI is InChI=1S/C15H20N2O.ClH/c1-5-14(16-15(18)6-2)17(3,4)12-13-10-8-7-9-11-13;/h5-11,14H,1-2,12H2,3-4H3;1H. The van der Waals surface area contributed by atoms with Gasteiger partial charge in [0.2, 0.25) is 5.91 Å². The van der Waals surface area contributed by atoms with Crippen LogP contribution in [-0.2, 0) is 11.3 Å². The van der Waals surface area contributed by atoms with Crippen LogP contribution in [0.5, 0.6) is 0 Å². The maximum absolute atomic E-state index is 11.4. The molecule has 4 heteroatoms. The first-order chi connectivity index (χ1) is 8.49. The van der Waals surface area contributed by atoms with Gasteiger partial charge >= 0.3 is 0 Å². The molecule has 0 aromatic heterocycles. The van der Waals surface area contributed by atoms with Gasteiger partial charge in [0.15, 0.2) is 6.17 Å². The van der Waals surface area contributed by atoms with Gasteiger partial charge < -0.3 is 16.9 Å². The van der Waals surface area contributed by atoms with Crippen LogP contribution in [-0.4, -0.2) is 30.7 Å². The molecule has 19 heavy (non-hydrogen) atoms. The van der Waals surface area contributed by atoms with Gasteiger partial charge in [0.25, 0.3) is 0 Å². The Hall–Kier alpha value is -1.58. The second kappa shape index (κ2) is 7.77. The molecule has 0 heterocycles. The van der Waals surface area contributed by atoms with E-state index in [1.54, 1.807) is 6.08 Å². The van der Waals surface area contributed by atoms with Gasteiger partial charge in [-0.2, -0.15) is 0 Å². The summed E-state index contributed by atoms with van der Waals surface area (Å²) < 4.78 is 0.604. The van der Waals surface area contributed by atoms with E-state index < -0.39 is 0 Å². The van der Waals surface area contributed by atoms with Crippen molar-refractivity contribution in [3.63, 3.8) is 0 Å². The van der Waals surface area contributed by atoms with Crippen molar-refractivity contribution in [2.24, 2.45) is 0 Å². The summed E-state index contributed by atoms with van der Waals surface area (Å²) in [5.74, 6) is -0.181. The number of carbonyl (C=O) groups is 1. The number of likely N-dealkylation sites (N-methyl/N-ethyl adjacent to an activating group) is 1. The van der Waals surface area contributed by atoms with Gasteiger partial charge in [-0.25, -0.2) is 0 Å². The molecule has 0 aliphatic carbocycles. The zero-order chi connectivity index (χ0) is 13.6. The molecule has 1 unspecified atom stereocenters. The van der Waals surface area contributed by atoms with Crippen molar-refractivity contribution in [3.05, 3.63) is 61.2 Å². The zero-order valence-electron chi connectivity index (χ0n) is 11.5. The lowest BCUT2D eigenvalue weighted by Crippen LogP contribution is -3.00. The van der Waals surface area contributed by atoms with Crippen LogP contribution in [0.1, 0.15) is 5.56 Å². The number of rotatable bonds is 6. The lowest BCUT2D eigenvalue weighted by Gasteiger charge is -2.36. The topological polar surface area (TPSA) is 29.1 Å². The molecule has 3 nitrogen and oxygen atoms in total. The summed E-state index contributed by atoms with van der Waals surface area (Å²) in [7, 11) is 4.12. The molecule has 1 aromatic rings. The van der Waals surface area contributed by atoms with Crippen LogP contribution in [0, 0.1) is 0 Å². The van der Waals surface area contributed by atoms with Gasteiger partial charge in [-0.1, -0.05) is 43.5 Å². The van der Waals surface area contributed by atoms with Gasteiger partial charge in [0.05, 0.1) is 14.1 Å². The Balaban J connectivity index is 0.00000324. The molecule has 1 atom stereocenters. The Morgan fingerprint density at radius 2 is 1.89 bits per heavy atom. The normalized spacial score (nSPS) is 11.9. The molecular weight excluding hydrogens is 260 g/mol. The molecule has 0 saturated heterocycles. The van der Waals surface area contributed by atoms with Crippen LogP contribution in [0.3, 0.4) is 0 Å². The van der Waals surface area contributed by atoms with E-state index in [0.29, 0.717) is 4.48 Å². The van der Waals surface area contributed by atoms with Gasteiger partial charge in [-0.3, -0.25) is 10.1 Å². The zero-order valence-corrected chi connectivity index (χ0v) is 12.2. The van der Waals surface area contributed by atoms with Gasteiger partial charge in [0.1, 0.15) is 6.54 Å². The van der Waals surface area contributed by atoms with Crippen LogP contribution in [0.25, 0.3) is 0 Å². The number of halogens is 1. The highest BCUT2D eigenvalue weighted by Crippen LogP contribution is 2.13. The highest BCUT2D eigenvalue weighted by Gasteiger charge is 2.26. The van der Waals surface area contributed by atoms with E-state index in [0.717, 1.165) is 6.54 Å². The SMILES string of the molecule is C=CC(=O)NC(C=C)[N+](C)(C)Cc1ccccc1.[Cl-]. The van der Waals surface area contributed by atoms with Crippen LogP contribution in [0.4, 0.5) is 0 Å². The maximum atomic E-state index is 11.4. The molecule has 0 radical (unpaired) electrons. The second-order valence-corrected chi connectivity index (χ2v) is 4.82. The third kappa shape index (κ3) is 5.28. The fraction of sp³-hybridized carbons (Fsp3) is 0.267. The minimum Gasteiger partial charge on any atom is -1.00 e. The van der Waals surface area contributed by atoms with Gasteiger partial charge in [0, 0.05) is 5.56 Å². The molecule has 1 amide bonds. The summed E-state index contributed by atoms with van der Waals surface area (Å²) in [6, 6.07) is 10.2. The maximum Gasteiger partial charge on any atom is 0.248 e. The molecule has 1 rings (SSSR count). The van der Waals surface area contributed by atoms with Crippen molar-refractivity contribution in [3.8, 4) is 0 Å². The largest absolute Gasteiger partial charge is 1.00 e. The molecule has 0 aliphatic rings. The fourth-order valence-electron chi connectivity index (χ4n) is 1.88. The van der Waals surface area contributed by atoms with Gasteiger partial charge in [-0.05, 0) is 12.2 Å².